The molecule has 0 saturated carbocycles. The summed E-state index contributed by atoms with van der Waals surface area (Å²) < 4.78 is 30.6. The second-order valence-corrected chi connectivity index (χ2v) is 9.87. The van der Waals surface area contributed by atoms with Gasteiger partial charge in [0.15, 0.2) is 11.6 Å². The Balaban J connectivity index is 1.38. The lowest BCUT2D eigenvalue weighted by atomic mass is 9.84. The van der Waals surface area contributed by atoms with Crippen molar-refractivity contribution in [1.29, 1.82) is 5.26 Å². The summed E-state index contributed by atoms with van der Waals surface area (Å²) in [5.74, 6) is 0.414. The van der Waals surface area contributed by atoms with Crippen LogP contribution in [0.3, 0.4) is 0 Å². The van der Waals surface area contributed by atoms with Crippen LogP contribution < -0.4 is 15.4 Å². The number of benzene rings is 1. The van der Waals surface area contributed by atoms with E-state index in [0.29, 0.717) is 49.5 Å². The number of fused-ring (bicyclic) bond motifs is 1. The maximum atomic E-state index is 14.6. The summed E-state index contributed by atoms with van der Waals surface area (Å²) in [5, 5.41) is 16.0. The third-order valence-corrected chi connectivity index (χ3v) is 6.82. The van der Waals surface area contributed by atoms with Gasteiger partial charge in [0.1, 0.15) is 18.4 Å². The van der Waals surface area contributed by atoms with Crippen molar-refractivity contribution in [3.63, 3.8) is 0 Å². The Hall–Kier alpha value is -3.00. The molecule has 0 aliphatic carbocycles. The Morgan fingerprint density at radius 3 is 2.89 bits per heavy atom. The van der Waals surface area contributed by atoms with Crippen LogP contribution in [0.25, 0.3) is 0 Å². The van der Waals surface area contributed by atoms with E-state index in [9.17, 15) is 9.65 Å². The molecule has 2 fully saturated rings. The lowest BCUT2D eigenvalue weighted by Gasteiger charge is -2.47. The van der Waals surface area contributed by atoms with Crippen molar-refractivity contribution in [3.8, 4) is 11.8 Å². The number of aromatic nitrogens is 2. The first-order valence-corrected chi connectivity index (χ1v) is 12.5. The van der Waals surface area contributed by atoms with E-state index in [1.807, 2.05) is 0 Å². The Morgan fingerprint density at radius 2 is 2.08 bits per heavy atom. The van der Waals surface area contributed by atoms with Gasteiger partial charge in [0.25, 0.3) is 0 Å². The minimum atomic E-state index is -0.485. The lowest BCUT2D eigenvalue weighted by molar-refractivity contribution is 0.0500. The normalized spacial score (nSPS) is 21.0. The minimum absolute atomic E-state index is 0.0647. The number of nitrogens with zero attached hydrogens (tertiary/aromatic N) is 4. The van der Waals surface area contributed by atoms with E-state index >= 15 is 0 Å². The molecule has 2 atom stereocenters. The number of piperidine rings is 1. The molecular weight excluding hydrogens is 463 g/mol. The molecule has 3 heterocycles. The number of halogens is 1. The van der Waals surface area contributed by atoms with Crippen LogP contribution in [-0.4, -0.2) is 72.6 Å². The molecule has 0 unspecified atom stereocenters. The minimum Gasteiger partial charge on any atom is -0.490 e. The molecule has 0 amide bonds. The van der Waals surface area contributed by atoms with Gasteiger partial charge in [-0.3, -0.25) is 4.90 Å². The molecule has 2 aliphatic heterocycles. The molecular formula is C26H35FN6O3. The number of hydrogen-bond donors (Lipinski definition) is 2. The van der Waals surface area contributed by atoms with Gasteiger partial charge < -0.3 is 24.8 Å². The van der Waals surface area contributed by atoms with Crippen molar-refractivity contribution < 1.29 is 18.6 Å². The summed E-state index contributed by atoms with van der Waals surface area (Å²) in [4.78, 5) is 11.1. The molecule has 0 radical (unpaired) electrons. The Morgan fingerprint density at radius 1 is 1.25 bits per heavy atom. The van der Waals surface area contributed by atoms with Crippen LogP contribution in [0.1, 0.15) is 45.1 Å². The van der Waals surface area contributed by atoms with Crippen LogP contribution in [-0.2, 0) is 9.47 Å². The Labute approximate surface area is 212 Å². The lowest BCUT2D eigenvalue weighted by Crippen LogP contribution is -2.55. The molecule has 2 N–H and O–H groups in total. The number of methoxy groups -OCH3 is 1. The smallest absolute Gasteiger partial charge is 0.229 e. The Bertz CT molecular complexity index is 1080. The van der Waals surface area contributed by atoms with Crippen molar-refractivity contribution in [3.05, 3.63) is 35.8 Å². The predicted octanol–water partition coefficient (Wildman–Crippen LogP) is 4.09. The SMILES string of the molecule is COCCOCCOc1ccc(Nc2ncc(F)c(N[C@@H]3C[C@@H]4CCCN4C(C)(C)C3)n2)cc1C#N. The van der Waals surface area contributed by atoms with Crippen molar-refractivity contribution in [2.24, 2.45) is 0 Å². The fourth-order valence-electron chi connectivity index (χ4n) is 5.25. The van der Waals surface area contributed by atoms with E-state index < -0.39 is 5.82 Å². The van der Waals surface area contributed by atoms with Gasteiger partial charge in [0, 0.05) is 30.4 Å². The molecule has 2 aromatic rings. The van der Waals surface area contributed by atoms with Gasteiger partial charge in [0.05, 0.1) is 31.6 Å². The first-order chi connectivity index (χ1) is 17.4. The quantitative estimate of drug-likeness (QED) is 0.443. The van der Waals surface area contributed by atoms with E-state index in [4.69, 9.17) is 14.2 Å². The van der Waals surface area contributed by atoms with E-state index in [1.165, 1.54) is 19.0 Å². The van der Waals surface area contributed by atoms with Gasteiger partial charge in [-0.05, 0) is 64.3 Å². The predicted molar refractivity (Wildman–Crippen MR) is 135 cm³/mol. The van der Waals surface area contributed by atoms with Gasteiger partial charge in [0.2, 0.25) is 5.95 Å². The number of rotatable bonds is 11. The van der Waals surface area contributed by atoms with Gasteiger partial charge in [-0.15, -0.1) is 0 Å². The van der Waals surface area contributed by atoms with E-state index in [1.54, 1.807) is 25.3 Å². The summed E-state index contributed by atoms with van der Waals surface area (Å²) >= 11 is 0. The number of ether oxygens (including phenoxy) is 3. The highest BCUT2D eigenvalue weighted by Crippen LogP contribution is 2.38. The number of nitrogens with one attached hydrogen (secondary N) is 2. The summed E-state index contributed by atoms with van der Waals surface area (Å²) in [6.07, 6.45) is 5.45. The van der Waals surface area contributed by atoms with Crippen molar-refractivity contribution in [2.45, 2.75) is 57.2 Å². The maximum absolute atomic E-state index is 14.6. The average Bonchev–Trinajstić information content (AvgIpc) is 3.33. The highest BCUT2D eigenvalue weighted by molar-refractivity contribution is 5.61. The molecule has 4 rings (SSSR count). The Kier molecular flexibility index (Phi) is 8.56. The van der Waals surface area contributed by atoms with E-state index in [-0.39, 0.29) is 23.3 Å². The summed E-state index contributed by atoms with van der Waals surface area (Å²) in [7, 11) is 1.61. The number of anilines is 3. The average molecular weight is 499 g/mol. The van der Waals surface area contributed by atoms with Crippen LogP contribution in [0.15, 0.2) is 24.4 Å². The third kappa shape index (κ3) is 6.40. The fourth-order valence-corrected chi connectivity index (χ4v) is 5.25. The van der Waals surface area contributed by atoms with Crippen molar-refractivity contribution in [1.82, 2.24) is 14.9 Å². The topological polar surface area (TPSA) is 105 Å². The van der Waals surface area contributed by atoms with Crippen LogP contribution >= 0.6 is 0 Å². The first-order valence-electron chi connectivity index (χ1n) is 12.5. The second-order valence-electron chi connectivity index (χ2n) is 9.87. The maximum Gasteiger partial charge on any atom is 0.229 e. The zero-order valence-corrected chi connectivity index (χ0v) is 21.2. The molecule has 194 valence electrons. The van der Waals surface area contributed by atoms with E-state index in [2.05, 4.69) is 45.4 Å². The first kappa shape index (κ1) is 26.1. The molecule has 36 heavy (non-hydrogen) atoms. The van der Waals surface area contributed by atoms with Gasteiger partial charge >= 0.3 is 0 Å². The third-order valence-electron chi connectivity index (χ3n) is 6.82. The number of hydrogen-bond acceptors (Lipinski definition) is 9. The van der Waals surface area contributed by atoms with Gasteiger partial charge in [-0.1, -0.05) is 0 Å². The van der Waals surface area contributed by atoms with Crippen LogP contribution in [0.2, 0.25) is 0 Å². The fraction of sp³-hybridized carbons (Fsp3) is 0.577. The molecule has 10 heteroatoms. The summed E-state index contributed by atoms with van der Waals surface area (Å²) in [5.41, 5.74) is 1.03. The van der Waals surface area contributed by atoms with Gasteiger partial charge in [-0.25, -0.2) is 9.37 Å². The van der Waals surface area contributed by atoms with E-state index in [0.717, 1.165) is 19.4 Å². The standard InChI is InChI=1S/C26H35FN6O3/c1-26(2)15-20(14-21-5-4-8-33(21)26)30-24-22(27)17-29-25(32-24)31-19-6-7-23(18(13-19)16-28)36-12-11-35-10-9-34-3/h6-7,13,17,20-21H,4-5,8-12,14-15H2,1-3H3,(H2,29,30,31,32)/t20-,21+/m1/s1. The summed E-state index contributed by atoms with van der Waals surface area (Å²) in [6.45, 7) is 7.37. The number of nitriles is 1. The monoisotopic (exact) mass is 498 g/mol. The second kappa shape index (κ2) is 11.8. The largest absolute Gasteiger partial charge is 0.490 e. The highest BCUT2D eigenvalue weighted by atomic mass is 19.1. The zero-order valence-electron chi connectivity index (χ0n) is 21.2. The molecule has 1 aromatic carbocycles. The van der Waals surface area contributed by atoms with Gasteiger partial charge in [-0.2, -0.15) is 10.2 Å². The van der Waals surface area contributed by atoms with Crippen LogP contribution in [0.5, 0.6) is 5.75 Å². The summed E-state index contributed by atoms with van der Waals surface area (Å²) in [6, 6.07) is 7.92. The zero-order chi connectivity index (χ0) is 25.5. The van der Waals surface area contributed by atoms with Crippen molar-refractivity contribution in [2.75, 3.05) is 50.7 Å². The highest BCUT2D eigenvalue weighted by Gasteiger charge is 2.43. The molecule has 0 bridgehead atoms. The van der Waals surface area contributed by atoms with Crippen LogP contribution in [0.4, 0.5) is 21.8 Å². The van der Waals surface area contributed by atoms with Crippen molar-refractivity contribution >= 4 is 17.5 Å². The molecule has 2 aliphatic rings. The molecule has 2 saturated heterocycles. The molecule has 1 aromatic heterocycles. The molecule has 0 spiro atoms. The molecule has 9 nitrogen and oxygen atoms in total. The van der Waals surface area contributed by atoms with Crippen LogP contribution in [0, 0.1) is 17.1 Å².